The van der Waals surface area contributed by atoms with Gasteiger partial charge in [-0.15, -0.1) is 13.2 Å². The van der Waals surface area contributed by atoms with Gasteiger partial charge in [-0.3, -0.25) is 0 Å². The number of halogens is 3. The summed E-state index contributed by atoms with van der Waals surface area (Å²) >= 11 is 0. The number of nitrogens with zero attached hydrogens (tertiary/aromatic N) is 2. The van der Waals surface area contributed by atoms with Gasteiger partial charge in [-0.05, 0) is 50.7 Å². The van der Waals surface area contributed by atoms with Crippen LogP contribution >= 0.6 is 0 Å². The lowest BCUT2D eigenvalue weighted by Gasteiger charge is -2.36. The van der Waals surface area contributed by atoms with Gasteiger partial charge in [-0.25, -0.2) is 4.79 Å². The van der Waals surface area contributed by atoms with Gasteiger partial charge >= 0.3 is 12.5 Å². The van der Waals surface area contributed by atoms with Crippen LogP contribution < -0.4 is 4.74 Å². The Labute approximate surface area is 182 Å². The molecule has 0 radical (unpaired) electrons. The number of benzene rings is 1. The van der Waals surface area contributed by atoms with E-state index in [1.165, 1.54) is 23.1 Å². The maximum Gasteiger partial charge on any atom is 0.573 e. The summed E-state index contributed by atoms with van der Waals surface area (Å²) in [6.45, 7) is 0.141. The molecule has 2 aliphatic heterocycles. The SMILES string of the molecule is O=C(O)N1[C@@H]2CC[C@H]1CC(OCc1c(-c3ccccc3OC(F)(F)F)noc1C1CC1)C2. The van der Waals surface area contributed by atoms with Crippen LogP contribution in [0.4, 0.5) is 18.0 Å². The summed E-state index contributed by atoms with van der Waals surface area (Å²) < 4.78 is 54.6. The molecule has 32 heavy (non-hydrogen) atoms. The quantitative estimate of drug-likeness (QED) is 0.640. The van der Waals surface area contributed by atoms with E-state index in [2.05, 4.69) is 9.89 Å². The highest BCUT2D eigenvalue weighted by molar-refractivity contribution is 5.70. The minimum absolute atomic E-state index is 0.0537. The third-order valence-electron chi connectivity index (χ3n) is 6.51. The van der Waals surface area contributed by atoms with E-state index in [0.717, 1.165) is 25.7 Å². The van der Waals surface area contributed by atoms with Crippen molar-refractivity contribution >= 4 is 6.09 Å². The van der Waals surface area contributed by atoms with Gasteiger partial charge in [0.2, 0.25) is 0 Å². The largest absolute Gasteiger partial charge is 0.573 e. The van der Waals surface area contributed by atoms with Crippen molar-refractivity contribution in [3.8, 4) is 17.0 Å². The normalized spacial score (nSPS) is 25.2. The Kier molecular flexibility index (Phi) is 5.27. The first-order chi connectivity index (χ1) is 15.3. The molecule has 1 amide bonds. The highest BCUT2D eigenvalue weighted by Gasteiger charge is 2.44. The molecule has 10 heteroatoms. The minimum Gasteiger partial charge on any atom is -0.465 e. The second-order valence-corrected chi connectivity index (χ2v) is 8.67. The van der Waals surface area contributed by atoms with Gasteiger partial charge in [0.15, 0.2) is 0 Å². The summed E-state index contributed by atoms with van der Waals surface area (Å²) in [4.78, 5) is 13.0. The van der Waals surface area contributed by atoms with Crippen molar-refractivity contribution in [2.75, 3.05) is 0 Å². The van der Waals surface area contributed by atoms with Gasteiger partial charge in [-0.1, -0.05) is 17.3 Å². The van der Waals surface area contributed by atoms with E-state index < -0.39 is 12.5 Å². The predicted molar refractivity (Wildman–Crippen MR) is 105 cm³/mol. The second-order valence-electron chi connectivity index (χ2n) is 8.67. The summed E-state index contributed by atoms with van der Waals surface area (Å²) in [6, 6.07) is 5.75. The fourth-order valence-electron chi connectivity index (χ4n) is 4.99. The van der Waals surface area contributed by atoms with Crippen LogP contribution in [0.15, 0.2) is 28.8 Å². The number of aromatic nitrogens is 1. The topological polar surface area (TPSA) is 85.0 Å². The average Bonchev–Trinajstić information content (AvgIpc) is 3.42. The molecule has 1 saturated carbocycles. The van der Waals surface area contributed by atoms with Crippen LogP contribution in [0.3, 0.4) is 0 Å². The molecule has 3 heterocycles. The first kappa shape index (κ1) is 21.1. The molecule has 1 aromatic heterocycles. The fourth-order valence-corrected chi connectivity index (χ4v) is 4.99. The van der Waals surface area contributed by atoms with Crippen LogP contribution in [0.2, 0.25) is 0 Å². The lowest BCUT2D eigenvalue weighted by Crippen LogP contribution is -2.47. The van der Waals surface area contributed by atoms with Crippen molar-refractivity contribution in [3.05, 3.63) is 35.6 Å². The van der Waals surface area contributed by atoms with Gasteiger partial charge in [0.25, 0.3) is 0 Å². The highest BCUT2D eigenvalue weighted by atomic mass is 19.4. The van der Waals surface area contributed by atoms with Crippen LogP contribution in [-0.2, 0) is 11.3 Å². The molecule has 2 saturated heterocycles. The fraction of sp³-hybridized carbons (Fsp3) is 0.545. The van der Waals surface area contributed by atoms with Crippen LogP contribution in [0.25, 0.3) is 11.3 Å². The van der Waals surface area contributed by atoms with Gasteiger partial charge < -0.3 is 24.0 Å². The lowest BCUT2D eigenvalue weighted by atomic mass is 9.99. The summed E-state index contributed by atoms with van der Waals surface area (Å²) in [7, 11) is 0. The molecule has 0 spiro atoms. The van der Waals surface area contributed by atoms with E-state index in [1.807, 2.05) is 0 Å². The van der Waals surface area contributed by atoms with Gasteiger partial charge in [0.05, 0.1) is 12.7 Å². The van der Waals surface area contributed by atoms with Crippen LogP contribution in [0.1, 0.15) is 55.8 Å². The smallest absolute Gasteiger partial charge is 0.465 e. The van der Waals surface area contributed by atoms with Crippen LogP contribution in [0, 0.1) is 0 Å². The summed E-state index contributed by atoms with van der Waals surface area (Å²) in [6.07, 6.45) is -1.11. The van der Waals surface area contributed by atoms with E-state index in [4.69, 9.17) is 9.26 Å². The Balaban J connectivity index is 1.38. The molecule has 7 nitrogen and oxygen atoms in total. The Morgan fingerprint density at radius 1 is 1.16 bits per heavy atom. The number of piperidine rings is 1. The number of fused-ring (bicyclic) bond motifs is 2. The van der Waals surface area contributed by atoms with E-state index in [1.54, 1.807) is 6.07 Å². The van der Waals surface area contributed by atoms with Crippen molar-refractivity contribution < 1.29 is 37.1 Å². The summed E-state index contributed by atoms with van der Waals surface area (Å²) in [5, 5.41) is 13.5. The number of carboxylic acid groups (broad SMARTS) is 1. The molecule has 3 aliphatic rings. The molecule has 2 bridgehead atoms. The molecular weight excluding hydrogens is 429 g/mol. The standard InChI is InChI=1S/C22H23F3N2O5/c23-22(24,25)31-18-4-2-1-3-16(18)19-17(20(32-26-19)12-5-6-12)11-30-15-9-13-7-8-14(10-15)27(13)21(28)29/h1-4,12-15H,5-11H2,(H,28,29)/t13-,14+,15?. The monoisotopic (exact) mass is 452 g/mol. The molecule has 1 unspecified atom stereocenters. The molecule has 1 N–H and O–H groups in total. The molecule has 3 fully saturated rings. The Hall–Kier alpha value is -2.75. The lowest BCUT2D eigenvalue weighted by molar-refractivity contribution is -0.274. The number of rotatable bonds is 6. The van der Waals surface area contributed by atoms with Crippen molar-refractivity contribution in [3.63, 3.8) is 0 Å². The van der Waals surface area contributed by atoms with E-state index in [9.17, 15) is 23.1 Å². The molecule has 2 aromatic rings. The predicted octanol–water partition coefficient (Wildman–Crippen LogP) is 5.31. The van der Waals surface area contributed by atoms with E-state index >= 15 is 0 Å². The molecule has 5 rings (SSSR count). The van der Waals surface area contributed by atoms with Gasteiger partial charge in [-0.2, -0.15) is 0 Å². The molecular formula is C22H23F3N2O5. The second kappa shape index (κ2) is 7.99. The van der Waals surface area contributed by atoms with Gasteiger partial charge in [0, 0.05) is 29.1 Å². The van der Waals surface area contributed by atoms with Gasteiger partial charge in [0.1, 0.15) is 17.2 Å². The first-order valence-corrected chi connectivity index (χ1v) is 10.8. The van der Waals surface area contributed by atoms with E-state index in [-0.39, 0.29) is 47.7 Å². The average molecular weight is 452 g/mol. The van der Waals surface area contributed by atoms with Crippen LogP contribution in [-0.4, -0.2) is 45.8 Å². The number of hydrogen-bond acceptors (Lipinski definition) is 5. The number of amides is 1. The zero-order valence-electron chi connectivity index (χ0n) is 17.2. The highest BCUT2D eigenvalue weighted by Crippen LogP contribution is 2.46. The summed E-state index contributed by atoms with van der Waals surface area (Å²) in [5.74, 6) is 0.494. The number of ether oxygens (including phenoxy) is 2. The first-order valence-electron chi connectivity index (χ1n) is 10.8. The zero-order valence-corrected chi connectivity index (χ0v) is 17.2. The van der Waals surface area contributed by atoms with Crippen molar-refractivity contribution in [1.82, 2.24) is 10.1 Å². The molecule has 1 aromatic carbocycles. The molecule has 172 valence electrons. The Morgan fingerprint density at radius 2 is 1.84 bits per heavy atom. The number of para-hydroxylation sites is 1. The number of alkyl halides is 3. The molecule has 3 atom stereocenters. The van der Waals surface area contributed by atoms with Crippen molar-refractivity contribution in [2.45, 2.75) is 75.6 Å². The maximum absolute atomic E-state index is 12.9. The van der Waals surface area contributed by atoms with E-state index in [0.29, 0.717) is 24.2 Å². The number of hydrogen-bond donors (Lipinski definition) is 1. The third kappa shape index (κ3) is 4.15. The number of carbonyl (C=O) groups is 1. The van der Waals surface area contributed by atoms with Crippen LogP contribution in [0.5, 0.6) is 5.75 Å². The van der Waals surface area contributed by atoms with Crippen molar-refractivity contribution in [1.29, 1.82) is 0 Å². The van der Waals surface area contributed by atoms with Crippen molar-refractivity contribution in [2.24, 2.45) is 0 Å². The maximum atomic E-state index is 12.9. The third-order valence-corrected chi connectivity index (χ3v) is 6.51. The molecule has 1 aliphatic carbocycles. The zero-order chi connectivity index (χ0) is 22.5. The Morgan fingerprint density at radius 3 is 2.47 bits per heavy atom. The summed E-state index contributed by atoms with van der Waals surface area (Å²) in [5.41, 5.74) is 1.12. The Bertz CT molecular complexity index is 990. The minimum atomic E-state index is -4.83.